The van der Waals surface area contributed by atoms with Crippen molar-refractivity contribution in [1.29, 1.82) is 0 Å². The molecule has 0 saturated heterocycles. The van der Waals surface area contributed by atoms with E-state index in [1.54, 1.807) is 60.4 Å². The highest BCUT2D eigenvalue weighted by atomic mass is 32.2. The molecule has 10 nitrogen and oxygen atoms in total. The number of amides is 2. The third-order valence-electron chi connectivity index (χ3n) is 7.03. The minimum atomic E-state index is -3.79. The van der Waals surface area contributed by atoms with Crippen LogP contribution in [0.1, 0.15) is 40.1 Å². The fraction of sp³-hybridized carbons (Fsp3) is 0.345. The molecule has 3 aromatic rings. The molecule has 2 heterocycles. The summed E-state index contributed by atoms with van der Waals surface area (Å²) in [6.07, 6.45) is 2.42. The number of nitrogens with zero attached hydrogens (tertiary/aromatic N) is 3. The normalized spacial score (nSPS) is 18.4. The quantitative estimate of drug-likeness (QED) is 0.428. The van der Waals surface area contributed by atoms with Crippen molar-refractivity contribution >= 4 is 27.5 Å². The standard InChI is InChI=1S/C29H34N4O6S/c1-19-5-8-24(9-6-19)40(37,38)32(4)17-27-20(2)16-33(21(3)18-34)29(36)25-15-23(7-10-26(25)39-27)31-28(35)22-11-13-30-14-12-22/h5-15,20-21,27,34H,16-18H2,1-4H3,(H,31,35)/t20-,21+,27+/m0/s1. The zero-order chi connectivity index (χ0) is 29.0. The molecule has 3 atom stereocenters. The molecule has 2 N–H and O–H groups in total. The molecule has 4 rings (SSSR count). The summed E-state index contributed by atoms with van der Waals surface area (Å²) in [5.41, 5.74) is 1.95. The van der Waals surface area contributed by atoms with E-state index in [4.69, 9.17) is 4.74 Å². The van der Waals surface area contributed by atoms with Gasteiger partial charge in [0.25, 0.3) is 11.8 Å². The first-order valence-corrected chi connectivity index (χ1v) is 14.4. The van der Waals surface area contributed by atoms with Crippen LogP contribution >= 0.6 is 0 Å². The zero-order valence-electron chi connectivity index (χ0n) is 22.9. The van der Waals surface area contributed by atoms with Crippen molar-refractivity contribution in [3.05, 3.63) is 83.7 Å². The van der Waals surface area contributed by atoms with E-state index >= 15 is 0 Å². The lowest BCUT2D eigenvalue weighted by atomic mass is 9.99. The van der Waals surface area contributed by atoms with Gasteiger partial charge in [0.15, 0.2) is 0 Å². The number of likely N-dealkylation sites (N-methyl/N-ethyl adjacent to an activating group) is 1. The van der Waals surface area contributed by atoms with E-state index in [0.29, 0.717) is 11.3 Å². The SMILES string of the molecule is Cc1ccc(S(=O)(=O)N(C)C[C@H]2Oc3ccc(NC(=O)c4ccncc4)cc3C(=O)N([C@H](C)CO)C[C@@H]2C)cc1. The Morgan fingerprint density at radius 2 is 1.85 bits per heavy atom. The molecule has 2 aromatic carbocycles. The van der Waals surface area contributed by atoms with Gasteiger partial charge in [0.05, 0.1) is 29.7 Å². The number of ether oxygens (including phenoxy) is 1. The van der Waals surface area contributed by atoms with Gasteiger partial charge in [-0.05, 0) is 56.3 Å². The van der Waals surface area contributed by atoms with E-state index in [2.05, 4.69) is 10.3 Å². The van der Waals surface area contributed by atoms with Gasteiger partial charge in [0, 0.05) is 43.2 Å². The predicted octanol–water partition coefficient (Wildman–Crippen LogP) is 3.18. The van der Waals surface area contributed by atoms with Crippen LogP contribution in [-0.2, 0) is 10.0 Å². The molecule has 0 aliphatic carbocycles. The van der Waals surface area contributed by atoms with Crippen LogP contribution < -0.4 is 10.1 Å². The molecule has 212 valence electrons. The van der Waals surface area contributed by atoms with Crippen molar-refractivity contribution < 1.29 is 27.9 Å². The van der Waals surface area contributed by atoms with Crippen molar-refractivity contribution in [2.45, 2.75) is 37.8 Å². The van der Waals surface area contributed by atoms with E-state index in [1.165, 1.54) is 29.8 Å². The summed E-state index contributed by atoms with van der Waals surface area (Å²) in [6.45, 7) is 5.53. The average Bonchev–Trinajstić information content (AvgIpc) is 2.95. The van der Waals surface area contributed by atoms with Crippen LogP contribution in [0.4, 0.5) is 5.69 Å². The predicted molar refractivity (Wildman–Crippen MR) is 151 cm³/mol. The second kappa shape index (κ2) is 12.2. The molecule has 0 saturated carbocycles. The number of aryl methyl sites for hydroxylation is 1. The average molecular weight is 567 g/mol. The Bertz CT molecular complexity index is 1460. The molecule has 2 amide bonds. The number of aromatic nitrogens is 1. The number of nitrogens with one attached hydrogen (secondary N) is 1. The lowest BCUT2D eigenvalue weighted by Crippen LogP contribution is -2.50. The molecular weight excluding hydrogens is 532 g/mol. The second-order valence-electron chi connectivity index (χ2n) is 10.1. The summed E-state index contributed by atoms with van der Waals surface area (Å²) in [6, 6.07) is 14.1. The number of sulfonamides is 1. The maximum Gasteiger partial charge on any atom is 0.258 e. The highest BCUT2D eigenvalue weighted by molar-refractivity contribution is 7.89. The Balaban J connectivity index is 1.65. The van der Waals surface area contributed by atoms with Gasteiger partial charge in [-0.1, -0.05) is 24.6 Å². The number of carbonyl (C=O) groups is 2. The molecule has 1 aliphatic heterocycles. The fourth-order valence-electron chi connectivity index (χ4n) is 4.47. The van der Waals surface area contributed by atoms with Crippen molar-refractivity contribution in [1.82, 2.24) is 14.2 Å². The van der Waals surface area contributed by atoms with Crippen LogP contribution in [0.15, 0.2) is 71.9 Å². The van der Waals surface area contributed by atoms with E-state index < -0.39 is 22.2 Å². The molecule has 11 heteroatoms. The van der Waals surface area contributed by atoms with Gasteiger partial charge in [-0.2, -0.15) is 4.31 Å². The van der Waals surface area contributed by atoms with Gasteiger partial charge in [-0.15, -0.1) is 0 Å². The van der Waals surface area contributed by atoms with E-state index in [0.717, 1.165) is 5.56 Å². The first kappa shape index (κ1) is 29.2. The summed E-state index contributed by atoms with van der Waals surface area (Å²) in [4.78, 5) is 32.0. The van der Waals surface area contributed by atoms with Crippen LogP contribution in [0, 0.1) is 12.8 Å². The molecular formula is C29H34N4O6S. The third-order valence-corrected chi connectivity index (χ3v) is 8.87. The summed E-state index contributed by atoms with van der Waals surface area (Å²) < 4.78 is 34.1. The molecule has 0 fully saturated rings. The number of fused-ring (bicyclic) bond motifs is 1. The summed E-state index contributed by atoms with van der Waals surface area (Å²) >= 11 is 0. The Morgan fingerprint density at radius 3 is 2.50 bits per heavy atom. The van der Waals surface area contributed by atoms with Gasteiger partial charge in [-0.3, -0.25) is 14.6 Å². The smallest absolute Gasteiger partial charge is 0.258 e. The lowest BCUT2D eigenvalue weighted by Gasteiger charge is -2.38. The molecule has 0 spiro atoms. The maximum absolute atomic E-state index is 13.7. The van der Waals surface area contributed by atoms with Gasteiger partial charge in [-0.25, -0.2) is 8.42 Å². The minimum Gasteiger partial charge on any atom is -0.488 e. The largest absolute Gasteiger partial charge is 0.488 e. The Morgan fingerprint density at radius 1 is 1.18 bits per heavy atom. The number of rotatable bonds is 8. The van der Waals surface area contributed by atoms with Crippen molar-refractivity contribution in [2.24, 2.45) is 5.92 Å². The maximum atomic E-state index is 13.7. The Kier molecular flexibility index (Phi) is 8.87. The van der Waals surface area contributed by atoms with E-state index in [1.807, 2.05) is 13.8 Å². The van der Waals surface area contributed by atoms with Gasteiger partial charge in [0.1, 0.15) is 11.9 Å². The minimum absolute atomic E-state index is 0.0346. The topological polar surface area (TPSA) is 129 Å². The third kappa shape index (κ3) is 6.33. The summed E-state index contributed by atoms with van der Waals surface area (Å²) in [5.74, 6) is -0.730. The fourth-order valence-corrected chi connectivity index (χ4v) is 5.65. The van der Waals surface area contributed by atoms with Crippen molar-refractivity contribution in [3.63, 3.8) is 0 Å². The highest BCUT2D eigenvalue weighted by Crippen LogP contribution is 2.31. The molecule has 0 radical (unpaired) electrons. The number of anilines is 1. The van der Waals surface area contributed by atoms with Crippen LogP contribution in [0.2, 0.25) is 0 Å². The van der Waals surface area contributed by atoms with E-state index in [9.17, 15) is 23.1 Å². The van der Waals surface area contributed by atoms with Gasteiger partial charge >= 0.3 is 0 Å². The van der Waals surface area contributed by atoms with Crippen LogP contribution in [0.5, 0.6) is 5.75 Å². The number of aliphatic hydroxyl groups excluding tert-OH is 1. The molecule has 1 aromatic heterocycles. The lowest BCUT2D eigenvalue weighted by molar-refractivity contribution is 0.0387. The molecule has 40 heavy (non-hydrogen) atoms. The number of carbonyl (C=O) groups excluding carboxylic acids is 2. The van der Waals surface area contributed by atoms with E-state index in [-0.39, 0.29) is 53.6 Å². The molecule has 0 bridgehead atoms. The monoisotopic (exact) mass is 566 g/mol. The Labute approximate surface area is 234 Å². The van der Waals surface area contributed by atoms with Gasteiger partial charge < -0.3 is 20.1 Å². The number of pyridine rings is 1. The van der Waals surface area contributed by atoms with Crippen LogP contribution in [0.3, 0.4) is 0 Å². The Hall–Kier alpha value is -3.80. The van der Waals surface area contributed by atoms with Crippen LogP contribution in [-0.4, -0.2) is 78.4 Å². The first-order chi connectivity index (χ1) is 19.0. The number of hydrogen-bond acceptors (Lipinski definition) is 7. The summed E-state index contributed by atoms with van der Waals surface area (Å²) in [7, 11) is -2.29. The van der Waals surface area contributed by atoms with Crippen LogP contribution in [0.25, 0.3) is 0 Å². The number of benzene rings is 2. The molecule has 1 aliphatic rings. The number of aliphatic hydroxyl groups is 1. The highest BCUT2D eigenvalue weighted by Gasteiger charge is 2.35. The molecule has 0 unspecified atom stereocenters. The summed E-state index contributed by atoms with van der Waals surface area (Å²) in [5, 5.41) is 12.7. The second-order valence-corrected chi connectivity index (χ2v) is 12.2. The van der Waals surface area contributed by atoms with Gasteiger partial charge in [0.2, 0.25) is 10.0 Å². The zero-order valence-corrected chi connectivity index (χ0v) is 23.8. The first-order valence-electron chi connectivity index (χ1n) is 13.0. The van der Waals surface area contributed by atoms with Crippen molar-refractivity contribution in [3.8, 4) is 5.75 Å². The number of hydrogen-bond donors (Lipinski definition) is 2. The van der Waals surface area contributed by atoms with Crippen molar-refractivity contribution in [2.75, 3.05) is 32.1 Å².